The third-order valence-corrected chi connectivity index (χ3v) is 10.4. The lowest BCUT2D eigenvalue weighted by molar-refractivity contribution is -0.167. The molecule has 0 aromatic carbocycles. The van der Waals surface area contributed by atoms with Gasteiger partial charge >= 0.3 is 17.9 Å². The van der Waals surface area contributed by atoms with Gasteiger partial charge in [-0.15, -0.1) is 0 Å². The zero-order valence-corrected chi connectivity index (χ0v) is 34.0. The molecule has 1 rings (SSSR count). The Balaban J connectivity index is 2.79. The quantitative estimate of drug-likeness (QED) is 0.0280. The summed E-state index contributed by atoms with van der Waals surface area (Å²) in [6, 6.07) is 0. The Labute approximate surface area is 328 Å². The number of terminal acetylenes is 3. The van der Waals surface area contributed by atoms with E-state index in [1.807, 2.05) is 0 Å². The smallest absolute Gasteiger partial charge is 0.309 e. The fourth-order valence-electron chi connectivity index (χ4n) is 7.18. The predicted molar refractivity (Wildman–Crippen MR) is 212 cm³/mol. The number of unbranched alkanes of at least 4 members (excludes halogenated alkanes) is 9. The van der Waals surface area contributed by atoms with Gasteiger partial charge in [-0.3, -0.25) is 14.4 Å². The van der Waals surface area contributed by atoms with Gasteiger partial charge < -0.3 is 28.4 Å². The first kappa shape index (κ1) is 48.5. The first-order valence-electron chi connectivity index (χ1n) is 21.2. The fraction of sp³-hybridized carbons (Fsp3) is 0.800. The van der Waals surface area contributed by atoms with E-state index in [1.165, 1.54) is 19.3 Å². The molecule has 1 fully saturated rings. The third-order valence-electron chi connectivity index (χ3n) is 10.4. The van der Waals surface area contributed by atoms with Crippen LogP contribution in [0, 0.1) is 55.3 Å². The predicted octanol–water partition coefficient (Wildman–Crippen LogP) is 9.83. The van der Waals surface area contributed by atoms with Gasteiger partial charge in [0.2, 0.25) is 0 Å². The van der Waals surface area contributed by atoms with E-state index in [0.29, 0.717) is 51.4 Å². The maximum absolute atomic E-state index is 13.5. The minimum Gasteiger partial charge on any atom is -0.465 e. The highest BCUT2D eigenvalue weighted by Crippen LogP contribution is 2.37. The van der Waals surface area contributed by atoms with Crippen molar-refractivity contribution < 1.29 is 42.8 Å². The Morgan fingerprint density at radius 3 is 1.20 bits per heavy atom. The van der Waals surface area contributed by atoms with Crippen molar-refractivity contribution in [3.05, 3.63) is 0 Å². The normalized spacial score (nSPS) is 18.1. The summed E-state index contributed by atoms with van der Waals surface area (Å²) >= 11 is 0. The molecule has 54 heavy (non-hydrogen) atoms. The molecule has 1 aliphatic carbocycles. The number of carbonyl (C=O) groups is 3. The molecule has 9 nitrogen and oxygen atoms in total. The number of carbonyl (C=O) groups excluding carboxylic acids is 3. The molecule has 6 atom stereocenters. The van der Waals surface area contributed by atoms with E-state index in [4.69, 9.17) is 47.7 Å². The second-order valence-corrected chi connectivity index (χ2v) is 14.8. The molecule has 9 heteroatoms. The molecule has 1 saturated carbocycles. The number of hydrogen-bond acceptors (Lipinski definition) is 9. The van der Waals surface area contributed by atoms with Crippen molar-refractivity contribution >= 4 is 17.9 Å². The standard InChI is InChI=1S/C45H72O9/c1-7-13-16-19-25-38(49-10-4)28-22-33-52-43(46)37-31-32-41(44(47)53-34-23-29-39(50-11-5)26-20-17-14-8-2)42(36-37)45(48)54-35-24-30-40(51-12-6)27-21-18-15-9-3/h4-6,37-42H,7-9,13-36H2,1-3H3. The molecular weight excluding hydrogens is 684 g/mol. The number of rotatable bonds is 33. The van der Waals surface area contributed by atoms with Gasteiger partial charge in [-0.25, -0.2) is 0 Å². The van der Waals surface area contributed by atoms with Gasteiger partial charge in [-0.1, -0.05) is 97.8 Å². The molecule has 6 unspecified atom stereocenters. The highest BCUT2D eigenvalue weighted by atomic mass is 16.5. The molecule has 0 radical (unpaired) electrons. The van der Waals surface area contributed by atoms with Gasteiger partial charge in [-0.05, 0) is 96.3 Å². The Morgan fingerprint density at radius 2 is 0.833 bits per heavy atom. The van der Waals surface area contributed by atoms with Crippen molar-refractivity contribution in [2.24, 2.45) is 17.8 Å². The molecule has 0 aliphatic heterocycles. The number of hydrogen-bond donors (Lipinski definition) is 0. The molecule has 0 saturated heterocycles. The van der Waals surface area contributed by atoms with E-state index >= 15 is 0 Å². The maximum Gasteiger partial charge on any atom is 0.309 e. The fourth-order valence-corrected chi connectivity index (χ4v) is 7.18. The van der Waals surface area contributed by atoms with Crippen molar-refractivity contribution in [1.82, 2.24) is 0 Å². The van der Waals surface area contributed by atoms with Gasteiger partial charge in [-0.2, -0.15) is 0 Å². The molecule has 0 bridgehead atoms. The van der Waals surface area contributed by atoms with Gasteiger partial charge in [0, 0.05) is 0 Å². The highest BCUT2D eigenvalue weighted by Gasteiger charge is 2.43. The summed E-state index contributed by atoms with van der Waals surface area (Å²) in [5.74, 6) is -3.37. The largest absolute Gasteiger partial charge is 0.465 e. The second-order valence-electron chi connectivity index (χ2n) is 14.8. The molecule has 0 amide bonds. The van der Waals surface area contributed by atoms with Crippen LogP contribution in [-0.2, 0) is 42.8 Å². The minimum atomic E-state index is -0.816. The summed E-state index contributed by atoms with van der Waals surface area (Å²) in [5, 5.41) is 0. The number of esters is 3. The monoisotopic (exact) mass is 757 g/mol. The van der Waals surface area contributed by atoms with E-state index in [0.717, 1.165) is 77.0 Å². The van der Waals surface area contributed by atoms with Crippen LogP contribution in [0.2, 0.25) is 0 Å². The SMILES string of the molecule is C#COC(CCCCCC)CCCOC(=O)C1CCC(C(=O)OCCCC(CCCCCC)OC#C)C(C(=O)OCCCC(CCCCCC)OC#C)C1. The summed E-state index contributed by atoms with van der Waals surface area (Å²) in [7, 11) is 0. The van der Waals surface area contributed by atoms with E-state index in [9.17, 15) is 14.4 Å². The Kier molecular flexibility index (Phi) is 29.5. The van der Waals surface area contributed by atoms with Crippen molar-refractivity contribution in [3.8, 4) is 37.6 Å². The number of ether oxygens (including phenoxy) is 6. The van der Waals surface area contributed by atoms with Crippen LogP contribution in [0.1, 0.15) is 175 Å². The van der Waals surface area contributed by atoms with Gasteiger partial charge in [0.05, 0.1) is 37.6 Å². The molecule has 0 aromatic rings. The van der Waals surface area contributed by atoms with Crippen molar-refractivity contribution in [1.29, 1.82) is 0 Å². The van der Waals surface area contributed by atoms with E-state index in [1.54, 1.807) is 0 Å². The lowest BCUT2D eigenvalue weighted by atomic mass is 9.74. The maximum atomic E-state index is 13.5. The molecule has 306 valence electrons. The zero-order valence-electron chi connectivity index (χ0n) is 34.0. The van der Waals surface area contributed by atoms with Crippen LogP contribution in [0.3, 0.4) is 0 Å². The van der Waals surface area contributed by atoms with E-state index in [2.05, 4.69) is 39.1 Å². The Bertz CT molecular complexity index is 1120. The lowest BCUT2D eigenvalue weighted by Gasteiger charge is -2.32. The molecule has 1 aliphatic rings. The molecule has 0 N–H and O–H groups in total. The Morgan fingerprint density at radius 1 is 0.481 bits per heavy atom. The highest BCUT2D eigenvalue weighted by molar-refractivity contribution is 5.83. The molecule has 0 aromatic heterocycles. The van der Waals surface area contributed by atoms with Crippen LogP contribution < -0.4 is 0 Å². The second kappa shape index (κ2) is 32.9. The third kappa shape index (κ3) is 22.6. The van der Waals surface area contributed by atoms with Crippen LogP contribution in [0.4, 0.5) is 0 Å². The molecule has 0 heterocycles. The topological polar surface area (TPSA) is 107 Å². The summed E-state index contributed by atoms with van der Waals surface area (Å²) < 4.78 is 33.5. The van der Waals surface area contributed by atoms with Crippen LogP contribution >= 0.6 is 0 Å². The minimum absolute atomic E-state index is 0.0674. The van der Waals surface area contributed by atoms with Crippen LogP contribution in [0.15, 0.2) is 0 Å². The Hall–Kier alpha value is -3.51. The van der Waals surface area contributed by atoms with Gasteiger partial charge in [0.25, 0.3) is 0 Å². The summed E-state index contributed by atoms with van der Waals surface area (Å²) in [4.78, 5) is 40.2. The van der Waals surface area contributed by atoms with E-state index in [-0.39, 0.29) is 50.5 Å². The summed E-state index contributed by atoms with van der Waals surface area (Å²) in [5.41, 5.74) is 0. The van der Waals surface area contributed by atoms with Crippen LogP contribution in [0.25, 0.3) is 0 Å². The summed E-state index contributed by atoms with van der Waals surface area (Å²) in [6.45, 7) is 7.10. The van der Waals surface area contributed by atoms with Crippen LogP contribution in [0.5, 0.6) is 0 Å². The van der Waals surface area contributed by atoms with Crippen LogP contribution in [-0.4, -0.2) is 56.0 Å². The lowest BCUT2D eigenvalue weighted by Crippen LogP contribution is -2.40. The van der Waals surface area contributed by atoms with E-state index < -0.39 is 29.7 Å². The summed E-state index contributed by atoms with van der Waals surface area (Å²) in [6.07, 6.45) is 43.6. The van der Waals surface area contributed by atoms with Gasteiger partial charge in [0.1, 0.15) is 36.6 Å². The molecular formula is C45H72O9. The first-order valence-corrected chi connectivity index (χ1v) is 21.2. The average molecular weight is 757 g/mol. The molecule has 0 spiro atoms. The average Bonchev–Trinajstić information content (AvgIpc) is 3.17. The zero-order chi connectivity index (χ0) is 39.7. The van der Waals surface area contributed by atoms with Gasteiger partial charge in [0.15, 0.2) is 0 Å². The van der Waals surface area contributed by atoms with Crippen molar-refractivity contribution in [2.75, 3.05) is 19.8 Å². The van der Waals surface area contributed by atoms with Crippen molar-refractivity contribution in [2.45, 2.75) is 193 Å². The van der Waals surface area contributed by atoms with Crippen molar-refractivity contribution in [3.63, 3.8) is 0 Å². The first-order chi connectivity index (χ1) is 26.3.